The Labute approximate surface area is 107 Å². The van der Waals surface area contributed by atoms with Crippen LogP contribution in [0, 0.1) is 0 Å². The van der Waals surface area contributed by atoms with E-state index in [4.69, 9.17) is 0 Å². The molecule has 2 nitrogen and oxygen atoms in total. The molecule has 1 unspecified atom stereocenters. The summed E-state index contributed by atoms with van der Waals surface area (Å²) in [7, 11) is 1.80. The van der Waals surface area contributed by atoms with Crippen molar-refractivity contribution in [2.24, 2.45) is 4.99 Å². The summed E-state index contributed by atoms with van der Waals surface area (Å²) < 4.78 is 0. The quantitative estimate of drug-likeness (QED) is 0.820. The van der Waals surface area contributed by atoms with Gasteiger partial charge < -0.3 is 5.32 Å². The fourth-order valence-corrected chi connectivity index (χ4v) is 2.75. The molecule has 0 aliphatic carbocycles. The van der Waals surface area contributed by atoms with Crippen LogP contribution in [0.5, 0.6) is 0 Å². The highest BCUT2D eigenvalue weighted by Gasteiger charge is 2.12. The molecule has 1 aliphatic rings. The van der Waals surface area contributed by atoms with Crippen molar-refractivity contribution in [3.63, 3.8) is 0 Å². The van der Waals surface area contributed by atoms with Gasteiger partial charge in [-0.05, 0) is 41.7 Å². The Balaban J connectivity index is 2.10. The van der Waals surface area contributed by atoms with E-state index in [0.717, 1.165) is 11.3 Å². The van der Waals surface area contributed by atoms with Gasteiger partial charge in [0, 0.05) is 18.9 Å². The molecule has 17 heavy (non-hydrogen) atoms. The zero-order valence-corrected chi connectivity index (χ0v) is 10.9. The normalized spacial score (nSPS) is 20.0. The minimum absolute atomic E-state index is 0.274. The fraction of sp³-hybridized carbons (Fsp3) is 0.214. The Bertz CT molecular complexity index is 460. The maximum atomic E-state index is 4.06. The Morgan fingerprint density at radius 3 is 2.76 bits per heavy atom. The molecular weight excluding hydrogens is 228 g/mol. The molecule has 2 rings (SSSR count). The molecule has 1 aliphatic heterocycles. The first-order valence-electron chi connectivity index (χ1n) is 5.58. The molecular formula is C14H16N2S. The van der Waals surface area contributed by atoms with Gasteiger partial charge >= 0.3 is 0 Å². The van der Waals surface area contributed by atoms with E-state index >= 15 is 0 Å². The Morgan fingerprint density at radius 1 is 1.29 bits per heavy atom. The van der Waals surface area contributed by atoms with Crippen LogP contribution in [0.2, 0.25) is 0 Å². The lowest BCUT2D eigenvalue weighted by molar-refractivity contribution is 1.23. The summed E-state index contributed by atoms with van der Waals surface area (Å²) in [6, 6.07) is 10.3. The number of hydrogen-bond donors (Lipinski definition) is 1. The molecule has 0 spiro atoms. The topological polar surface area (TPSA) is 24.4 Å². The average molecular weight is 244 g/mol. The molecule has 88 valence electrons. The molecule has 0 aromatic heterocycles. The van der Waals surface area contributed by atoms with Crippen LogP contribution in [-0.4, -0.2) is 18.6 Å². The summed E-state index contributed by atoms with van der Waals surface area (Å²) in [4.78, 5) is 5.36. The molecule has 1 N–H and O–H groups in total. The molecule has 0 bridgehead atoms. The lowest BCUT2D eigenvalue weighted by atomic mass is 10.2. The average Bonchev–Trinajstić information content (AvgIpc) is 2.30. The molecule has 1 aromatic rings. The van der Waals surface area contributed by atoms with E-state index in [9.17, 15) is 0 Å². The van der Waals surface area contributed by atoms with Crippen molar-refractivity contribution in [3.05, 3.63) is 53.0 Å². The Hall–Kier alpha value is -1.48. The van der Waals surface area contributed by atoms with Crippen LogP contribution in [0.3, 0.4) is 0 Å². The van der Waals surface area contributed by atoms with Crippen molar-refractivity contribution < 1.29 is 0 Å². The third-order valence-electron chi connectivity index (χ3n) is 2.39. The lowest BCUT2D eigenvalue weighted by Crippen LogP contribution is -2.15. The van der Waals surface area contributed by atoms with Gasteiger partial charge in [0.05, 0.1) is 5.37 Å². The van der Waals surface area contributed by atoms with E-state index in [2.05, 4.69) is 41.5 Å². The smallest absolute Gasteiger partial charge is 0.0962 e. The molecule has 0 saturated carbocycles. The second-order valence-electron chi connectivity index (χ2n) is 3.86. The van der Waals surface area contributed by atoms with E-state index in [1.165, 1.54) is 4.91 Å². The van der Waals surface area contributed by atoms with Crippen molar-refractivity contribution >= 4 is 23.7 Å². The van der Waals surface area contributed by atoms with Crippen LogP contribution in [0.1, 0.15) is 6.92 Å². The SMILES string of the molecule is CN=CC1=CC(Nc2ccccc2)SC(C)=C1. The highest BCUT2D eigenvalue weighted by molar-refractivity contribution is 8.03. The molecule has 0 fully saturated rings. The van der Waals surface area contributed by atoms with Gasteiger partial charge in [-0.25, -0.2) is 0 Å². The lowest BCUT2D eigenvalue weighted by Gasteiger charge is -2.20. The van der Waals surface area contributed by atoms with Crippen LogP contribution >= 0.6 is 11.8 Å². The van der Waals surface area contributed by atoms with E-state index in [-0.39, 0.29) is 5.37 Å². The highest BCUT2D eigenvalue weighted by atomic mass is 32.2. The van der Waals surface area contributed by atoms with Gasteiger partial charge in [0.1, 0.15) is 0 Å². The molecule has 1 heterocycles. The van der Waals surface area contributed by atoms with Gasteiger partial charge in [-0.1, -0.05) is 18.2 Å². The number of benzene rings is 1. The number of hydrogen-bond acceptors (Lipinski definition) is 3. The number of rotatable bonds is 3. The Kier molecular flexibility index (Phi) is 4.04. The Morgan fingerprint density at radius 2 is 2.06 bits per heavy atom. The van der Waals surface area contributed by atoms with Gasteiger partial charge in [-0.15, -0.1) is 11.8 Å². The highest BCUT2D eigenvalue weighted by Crippen LogP contribution is 2.29. The van der Waals surface area contributed by atoms with Gasteiger partial charge in [-0.2, -0.15) is 0 Å². The van der Waals surface area contributed by atoms with Crippen LogP contribution in [-0.2, 0) is 0 Å². The van der Waals surface area contributed by atoms with Crippen LogP contribution < -0.4 is 5.32 Å². The number of thioether (sulfide) groups is 1. The third kappa shape index (κ3) is 3.49. The third-order valence-corrected chi connectivity index (χ3v) is 3.39. The second kappa shape index (κ2) is 5.73. The van der Waals surface area contributed by atoms with Crippen molar-refractivity contribution in [2.75, 3.05) is 12.4 Å². The van der Waals surface area contributed by atoms with Crippen molar-refractivity contribution in [1.82, 2.24) is 0 Å². The van der Waals surface area contributed by atoms with Crippen molar-refractivity contribution in [3.8, 4) is 0 Å². The van der Waals surface area contributed by atoms with Gasteiger partial charge in [0.25, 0.3) is 0 Å². The largest absolute Gasteiger partial charge is 0.370 e. The van der Waals surface area contributed by atoms with Gasteiger partial charge in [-0.3, -0.25) is 4.99 Å². The van der Waals surface area contributed by atoms with Crippen molar-refractivity contribution in [2.45, 2.75) is 12.3 Å². The minimum atomic E-state index is 0.274. The number of nitrogens with zero attached hydrogens (tertiary/aromatic N) is 1. The number of para-hydroxylation sites is 1. The van der Waals surface area contributed by atoms with Crippen LogP contribution in [0.25, 0.3) is 0 Å². The predicted molar refractivity (Wildman–Crippen MR) is 77.7 cm³/mol. The zero-order chi connectivity index (χ0) is 12.1. The molecule has 1 atom stereocenters. The van der Waals surface area contributed by atoms with Gasteiger partial charge in [0.15, 0.2) is 0 Å². The number of allylic oxidation sites excluding steroid dienone is 3. The van der Waals surface area contributed by atoms with E-state index in [0.29, 0.717) is 0 Å². The minimum Gasteiger partial charge on any atom is -0.370 e. The predicted octanol–water partition coefficient (Wildman–Crippen LogP) is 3.70. The monoisotopic (exact) mass is 244 g/mol. The maximum Gasteiger partial charge on any atom is 0.0962 e. The van der Waals surface area contributed by atoms with E-state index in [1.54, 1.807) is 7.05 Å². The molecule has 1 aromatic carbocycles. The first-order chi connectivity index (χ1) is 8.28. The van der Waals surface area contributed by atoms with Crippen LogP contribution in [0.4, 0.5) is 5.69 Å². The van der Waals surface area contributed by atoms with E-state index < -0.39 is 0 Å². The summed E-state index contributed by atoms with van der Waals surface area (Å²) >= 11 is 1.82. The van der Waals surface area contributed by atoms with Crippen molar-refractivity contribution in [1.29, 1.82) is 0 Å². The molecule has 0 saturated heterocycles. The molecule has 3 heteroatoms. The summed E-state index contributed by atoms with van der Waals surface area (Å²) in [6.45, 7) is 2.13. The fourth-order valence-electron chi connectivity index (χ4n) is 1.73. The first-order valence-corrected chi connectivity index (χ1v) is 6.46. The van der Waals surface area contributed by atoms with Gasteiger partial charge in [0.2, 0.25) is 0 Å². The summed E-state index contributed by atoms with van der Waals surface area (Å²) in [5, 5.41) is 3.76. The number of nitrogens with one attached hydrogen (secondary N) is 1. The number of anilines is 1. The number of aliphatic imine (C=N–C) groups is 1. The molecule has 0 radical (unpaired) electrons. The standard InChI is InChI=1S/C14H16N2S/c1-11-8-12(10-15-2)9-14(17-11)16-13-6-4-3-5-7-13/h3-10,14,16H,1-2H3. The molecule has 0 amide bonds. The van der Waals surface area contributed by atoms with E-state index in [1.807, 2.05) is 36.2 Å². The van der Waals surface area contributed by atoms with Crippen LogP contribution in [0.15, 0.2) is 58.0 Å². The zero-order valence-electron chi connectivity index (χ0n) is 10.1. The second-order valence-corrected chi connectivity index (χ2v) is 5.25. The summed E-state index contributed by atoms with van der Waals surface area (Å²) in [5.41, 5.74) is 2.31. The summed E-state index contributed by atoms with van der Waals surface area (Å²) in [6.07, 6.45) is 6.24. The first kappa shape index (κ1) is 12.0. The maximum absolute atomic E-state index is 4.06. The summed E-state index contributed by atoms with van der Waals surface area (Å²) in [5.74, 6) is 0.